The summed E-state index contributed by atoms with van der Waals surface area (Å²) in [5.41, 5.74) is 4.15. The molecule has 30 heavy (non-hydrogen) atoms. The van der Waals surface area contributed by atoms with E-state index in [1.54, 1.807) is 15.6 Å². The summed E-state index contributed by atoms with van der Waals surface area (Å²) in [5.74, 6) is -1.28. The van der Waals surface area contributed by atoms with Crippen LogP contribution in [0.2, 0.25) is 0 Å². The van der Waals surface area contributed by atoms with Gasteiger partial charge in [-0.3, -0.25) is 0 Å². The number of anilines is 1. The van der Waals surface area contributed by atoms with Gasteiger partial charge in [0, 0.05) is 23.5 Å². The number of fused-ring (bicyclic) bond motifs is 1. The van der Waals surface area contributed by atoms with Crippen molar-refractivity contribution in [3.8, 4) is 11.3 Å². The van der Waals surface area contributed by atoms with Gasteiger partial charge in [-0.15, -0.1) is 0 Å². The molecule has 9 nitrogen and oxygen atoms in total. The molecule has 0 radical (unpaired) electrons. The van der Waals surface area contributed by atoms with Gasteiger partial charge in [-0.05, 0) is 25.1 Å². The Bertz CT molecular complexity index is 1170. The summed E-state index contributed by atoms with van der Waals surface area (Å²) in [7, 11) is 2.52. The Labute approximate surface area is 172 Å². The zero-order chi connectivity index (χ0) is 21.3. The molecule has 0 unspecified atom stereocenters. The van der Waals surface area contributed by atoms with Crippen molar-refractivity contribution in [2.75, 3.05) is 32.5 Å². The quantitative estimate of drug-likeness (QED) is 0.606. The van der Waals surface area contributed by atoms with Crippen LogP contribution in [0.1, 0.15) is 5.69 Å². The van der Waals surface area contributed by atoms with E-state index in [2.05, 4.69) is 10.1 Å². The molecular formula is C21H20N4O5. The van der Waals surface area contributed by atoms with Gasteiger partial charge in [-0.1, -0.05) is 12.1 Å². The molecule has 1 aromatic carbocycles. The first-order valence-electron chi connectivity index (χ1n) is 9.20. The molecule has 0 bridgehead atoms. The first kappa shape index (κ1) is 19.6. The third kappa shape index (κ3) is 3.39. The summed E-state index contributed by atoms with van der Waals surface area (Å²) in [6, 6.07) is 11.3. The first-order chi connectivity index (χ1) is 14.5. The number of carbonyl (C=O) groups excluding carboxylic acids is 2. The average Bonchev–Trinajstić information content (AvgIpc) is 3.17. The van der Waals surface area contributed by atoms with Gasteiger partial charge in [0.2, 0.25) is 0 Å². The van der Waals surface area contributed by atoms with E-state index in [1.165, 1.54) is 14.2 Å². The molecule has 0 amide bonds. The Morgan fingerprint density at radius 1 is 1.10 bits per heavy atom. The molecule has 0 N–H and O–H groups in total. The molecule has 154 valence electrons. The number of ether oxygens (including phenoxy) is 3. The monoisotopic (exact) mass is 408 g/mol. The van der Waals surface area contributed by atoms with Gasteiger partial charge >= 0.3 is 11.9 Å². The number of nitrogens with zero attached hydrogens (tertiary/aromatic N) is 4. The van der Waals surface area contributed by atoms with E-state index >= 15 is 0 Å². The highest BCUT2D eigenvalue weighted by Crippen LogP contribution is 2.30. The van der Waals surface area contributed by atoms with Crippen LogP contribution in [-0.4, -0.2) is 54.1 Å². The highest BCUT2D eigenvalue weighted by Gasteiger charge is 2.32. The Kier molecular flexibility index (Phi) is 5.20. The van der Waals surface area contributed by atoms with Crippen molar-refractivity contribution in [2.24, 2.45) is 0 Å². The van der Waals surface area contributed by atoms with E-state index in [9.17, 15) is 9.59 Å². The van der Waals surface area contributed by atoms with Gasteiger partial charge in [-0.25, -0.2) is 19.1 Å². The van der Waals surface area contributed by atoms with Crippen LogP contribution in [0.4, 0.5) is 5.69 Å². The number of aryl methyl sites for hydroxylation is 1. The van der Waals surface area contributed by atoms with E-state index in [1.807, 2.05) is 43.3 Å². The summed E-state index contributed by atoms with van der Waals surface area (Å²) in [6.07, 6.45) is 1.72. The molecule has 0 aliphatic carbocycles. The highest BCUT2D eigenvalue weighted by molar-refractivity contribution is 6.03. The molecule has 0 saturated heterocycles. The van der Waals surface area contributed by atoms with Crippen molar-refractivity contribution in [1.82, 2.24) is 14.6 Å². The molecule has 0 atom stereocenters. The van der Waals surface area contributed by atoms with Crippen LogP contribution in [-0.2, 0) is 23.8 Å². The van der Waals surface area contributed by atoms with Gasteiger partial charge in [0.05, 0.1) is 37.8 Å². The molecule has 3 heterocycles. The second-order valence-electron chi connectivity index (χ2n) is 6.65. The van der Waals surface area contributed by atoms with Crippen LogP contribution >= 0.6 is 0 Å². The molecule has 1 aliphatic rings. The maximum absolute atomic E-state index is 12.5. The van der Waals surface area contributed by atoms with Crippen LogP contribution in [0.15, 0.2) is 53.9 Å². The van der Waals surface area contributed by atoms with Crippen molar-refractivity contribution < 1.29 is 23.8 Å². The second-order valence-corrected chi connectivity index (χ2v) is 6.65. The SMILES string of the molecule is COC(=O)C1=C(C(=O)OC)N(c2cccc(-c3ccnc4cc(C)nn34)c2)COC1. The average molecular weight is 408 g/mol. The van der Waals surface area contributed by atoms with Gasteiger partial charge in [0.25, 0.3) is 0 Å². The summed E-state index contributed by atoms with van der Waals surface area (Å²) in [4.78, 5) is 30.6. The lowest BCUT2D eigenvalue weighted by molar-refractivity contribution is -0.140. The number of carbonyl (C=O) groups is 2. The fourth-order valence-corrected chi connectivity index (χ4v) is 3.41. The van der Waals surface area contributed by atoms with Gasteiger partial charge < -0.3 is 19.1 Å². The zero-order valence-corrected chi connectivity index (χ0v) is 16.8. The second kappa shape index (κ2) is 7.96. The number of methoxy groups -OCH3 is 2. The number of benzene rings is 1. The number of rotatable bonds is 4. The van der Waals surface area contributed by atoms with Crippen LogP contribution in [0.25, 0.3) is 16.9 Å². The van der Waals surface area contributed by atoms with Crippen LogP contribution in [0, 0.1) is 6.92 Å². The van der Waals surface area contributed by atoms with Crippen molar-refractivity contribution in [3.05, 3.63) is 59.6 Å². The van der Waals surface area contributed by atoms with Gasteiger partial charge in [0.1, 0.15) is 12.4 Å². The largest absolute Gasteiger partial charge is 0.466 e. The summed E-state index contributed by atoms with van der Waals surface area (Å²) in [6.45, 7) is 1.95. The Balaban J connectivity index is 1.83. The third-order valence-corrected chi connectivity index (χ3v) is 4.77. The van der Waals surface area contributed by atoms with Crippen molar-refractivity contribution >= 4 is 23.3 Å². The number of hydrogen-bond donors (Lipinski definition) is 0. The number of esters is 2. The molecular weight excluding hydrogens is 388 g/mol. The van der Waals surface area contributed by atoms with Crippen molar-refractivity contribution in [1.29, 1.82) is 0 Å². The minimum absolute atomic E-state index is 0.0369. The van der Waals surface area contributed by atoms with Gasteiger partial charge in [0.15, 0.2) is 5.65 Å². The molecule has 0 fully saturated rings. The smallest absolute Gasteiger partial charge is 0.355 e. The predicted molar refractivity (Wildman–Crippen MR) is 108 cm³/mol. The minimum Gasteiger partial charge on any atom is -0.466 e. The minimum atomic E-state index is -0.641. The lowest BCUT2D eigenvalue weighted by Gasteiger charge is -2.31. The lowest BCUT2D eigenvalue weighted by atomic mass is 10.1. The molecule has 9 heteroatoms. The summed E-state index contributed by atoms with van der Waals surface area (Å²) in [5, 5.41) is 4.51. The van der Waals surface area contributed by atoms with E-state index in [0.717, 1.165) is 22.6 Å². The topological polar surface area (TPSA) is 95.3 Å². The third-order valence-electron chi connectivity index (χ3n) is 4.77. The summed E-state index contributed by atoms with van der Waals surface area (Å²) < 4.78 is 17.0. The molecule has 2 aromatic heterocycles. The van der Waals surface area contributed by atoms with E-state index in [-0.39, 0.29) is 24.6 Å². The Hall–Kier alpha value is -3.72. The van der Waals surface area contributed by atoms with Crippen LogP contribution < -0.4 is 4.90 Å². The fourth-order valence-electron chi connectivity index (χ4n) is 3.41. The van der Waals surface area contributed by atoms with Gasteiger partial charge in [-0.2, -0.15) is 5.10 Å². The molecule has 3 aromatic rings. The summed E-state index contributed by atoms with van der Waals surface area (Å²) >= 11 is 0. The van der Waals surface area contributed by atoms with Crippen molar-refractivity contribution in [2.45, 2.75) is 6.92 Å². The van der Waals surface area contributed by atoms with Crippen LogP contribution in [0.5, 0.6) is 0 Å². The molecule has 4 rings (SSSR count). The van der Waals surface area contributed by atoms with E-state index in [0.29, 0.717) is 5.69 Å². The highest BCUT2D eigenvalue weighted by atomic mass is 16.5. The Morgan fingerprint density at radius 3 is 2.67 bits per heavy atom. The molecule has 1 aliphatic heterocycles. The first-order valence-corrected chi connectivity index (χ1v) is 9.20. The normalized spacial score (nSPS) is 14.2. The number of hydrogen-bond acceptors (Lipinski definition) is 8. The maximum Gasteiger partial charge on any atom is 0.355 e. The maximum atomic E-state index is 12.5. The van der Waals surface area contributed by atoms with E-state index < -0.39 is 11.9 Å². The Morgan fingerprint density at radius 2 is 1.90 bits per heavy atom. The fraction of sp³-hybridized carbons (Fsp3) is 0.238. The number of aromatic nitrogens is 3. The standard InChI is InChI=1S/C21H20N4O5/c1-13-9-18-22-8-7-17(25(18)23-13)14-5-4-6-15(10-14)24-12-30-11-16(20(26)28-2)19(24)21(27)29-3/h4-10H,11-12H2,1-3H3. The molecule has 0 saturated carbocycles. The zero-order valence-electron chi connectivity index (χ0n) is 16.8. The molecule has 0 spiro atoms. The van der Waals surface area contributed by atoms with Crippen LogP contribution in [0.3, 0.4) is 0 Å². The predicted octanol–water partition coefficient (Wildman–Crippen LogP) is 2.10. The van der Waals surface area contributed by atoms with Crippen molar-refractivity contribution in [3.63, 3.8) is 0 Å². The lowest BCUT2D eigenvalue weighted by Crippen LogP contribution is -2.38. The van der Waals surface area contributed by atoms with E-state index in [4.69, 9.17) is 14.2 Å².